The van der Waals surface area contributed by atoms with Crippen LogP contribution in [0, 0.1) is 0 Å². The Balaban J connectivity index is -0.00000000852. The minimum absolute atomic E-state index is 0. The van der Waals surface area contributed by atoms with E-state index in [-0.39, 0.29) is 211 Å². The molecule has 0 atom stereocenters. The van der Waals surface area contributed by atoms with Gasteiger partial charge in [-0.15, -0.1) is 0 Å². The molecule has 0 bridgehead atoms. The first-order valence-electron chi connectivity index (χ1n) is 5.03. The first kappa shape index (κ1) is 56.6. The molecule has 0 aromatic rings. The van der Waals surface area contributed by atoms with E-state index in [4.69, 9.17) is 51.1 Å². The second kappa shape index (κ2) is 56.4. The molecule has 0 fully saturated rings. The molecule has 0 saturated carbocycles. The molecule has 0 saturated heterocycles. The number of aliphatic carboxylic acids is 4. The van der Waals surface area contributed by atoms with Crippen molar-refractivity contribution in [3.8, 4) is 0 Å². The molecule has 0 unspecified atom stereocenters. The number of carboxylic acids is 4. The summed E-state index contributed by atoms with van der Waals surface area (Å²) in [5.74, 6) is -3.33. The van der Waals surface area contributed by atoms with Crippen LogP contribution in [0.3, 0.4) is 0 Å². The van der Waals surface area contributed by atoms with Gasteiger partial charge in [0.25, 0.3) is 23.9 Å². The van der Waals surface area contributed by atoms with E-state index in [0.29, 0.717) is 13.1 Å². The molecule has 10 nitrogen and oxygen atoms in total. The molecule has 130 valence electrons. The molecular weight excluding hydrogens is 433 g/mol. The van der Waals surface area contributed by atoms with E-state index in [2.05, 4.69) is 0 Å². The third kappa shape index (κ3) is 592. The van der Waals surface area contributed by atoms with Crippen molar-refractivity contribution in [2.45, 2.75) is 27.7 Å². The van der Waals surface area contributed by atoms with Gasteiger partial charge in [0.1, 0.15) is 0 Å². The van der Waals surface area contributed by atoms with Crippen molar-refractivity contribution < 1.29 is 251 Å². The Labute approximate surface area is 318 Å². The molecule has 0 amide bonds. The maximum Gasteiger partial charge on any atom is 1.00 e. The molecular formula is C10H28K4N2O8. The number of hydrogen-bond acceptors (Lipinski definition) is 6. The summed E-state index contributed by atoms with van der Waals surface area (Å²) < 4.78 is 0. The van der Waals surface area contributed by atoms with Crippen LogP contribution in [-0.4, -0.2) is 57.4 Å². The second-order valence-electron chi connectivity index (χ2n) is 2.65. The minimum atomic E-state index is -0.833. The van der Waals surface area contributed by atoms with Crippen molar-refractivity contribution in [1.82, 2.24) is 0 Å². The Morgan fingerprint density at radius 3 is 0.625 bits per heavy atom. The molecule has 0 radical (unpaired) electrons. The summed E-state index contributed by atoms with van der Waals surface area (Å²) in [5, 5.41) is 29.7. The number of carboxylic acid groups (broad SMARTS) is 4. The van der Waals surface area contributed by atoms with Crippen molar-refractivity contribution in [2.75, 3.05) is 13.1 Å². The Morgan fingerprint density at radius 1 is 0.583 bits per heavy atom. The van der Waals surface area contributed by atoms with Gasteiger partial charge in [-0.05, 0) is 0 Å². The average Bonchev–Trinajstić information content (AvgIpc) is 2.13. The standard InChI is InChI=1S/C2H8N2.4C2H4O2.4K.4H/c3-1-2-4;4*1-2(3)4;;;;;;;;/h1-4H2;4*1H3,(H,3,4);;;;;;;;/q;;;;;4*+1;4*-1. The second-order valence-corrected chi connectivity index (χ2v) is 2.65. The fourth-order valence-electron chi connectivity index (χ4n) is 0. The van der Waals surface area contributed by atoms with E-state index >= 15 is 0 Å². The fraction of sp³-hybridized carbons (Fsp3) is 0.600. The van der Waals surface area contributed by atoms with Crippen LogP contribution < -0.4 is 217 Å². The summed E-state index contributed by atoms with van der Waals surface area (Å²) in [6.07, 6.45) is 0. The van der Waals surface area contributed by atoms with Crippen molar-refractivity contribution in [3.63, 3.8) is 0 Å². The zero-order chi connectivity index (χ0) is 17.7. The Hall–Kier alpha value is 4.35. The van der Waals surface area contributed by atoms with Gasteiger partial charge in [0.15, 0.2) is 0 Å². The number of nitrogens with two attached hydrogens (primary N) is 2. The molecule has 8 N–H and O–H groups in total. The molecule has 0 aliphatic heterocycles. The average molecular weight is 461 g/mol. The molecule has 0 aliphatic carbocycles. The quantitative estimate of drug-likeness (QED) is 0.204. The van der Waals surface area contributed by atoms with E-state index in [1.165, 1.54) is 0 Å². The van der Waals surface area contributed by atoms with E-state index in [0.717, 1.165) is 27.7 Å². The Morgan fingerprint density at radius 2 is 0.625 bits per heavy atom. The maximum absolute atomic E-state index is 9.00. The summed E-state index contributed by atoms with van der Waals surface area (Å²) >= 11 is 0. The van der Waals surface area contributed by atoms with Crippen molar-refractivity contribution >= 4 is 23.9 Å². The Kier molecular flexibility index (Phi) is 133. The summed E-state index contributed by atoms with van der Waals surface area (Å²) in [6, 6.07) is 0. The van der Waals surface area contributed by atoms with Gasteiger partial charge >= 0.3 is 206 Å². The van der Waals surface area contributed by atoms with Crippen LogP contribution in [0.4, 0.5) is 0 Å². The fourth-order valence-corrected chi connectivity index (χ4v) is 0. The van der Waals surface area contributed by atoms with Gasteiger partial charge in [0.2, 0.25) is 0 Å². The van der Waals surface area contributed by atoms with Gasteiger partial charge < -0.3 is 37.6 Å². The first-order chi connectivity index (χ1) is 8.84. The molecule has 0 spiro atoms. The van der Waals surface area contributed by atoms with Crippen LogP contribution in [0.25, 0.3) is 0 Å². The summed E-state index contributed by atoms with van der Waals surface area (Å²) in [7, 11) is 0. The Bertz CT molecular complexity index is 222. The monoisotopic (exact) mass is 460 g/mol. The van der Waals surface area contributed by atoms with Gasteiger partial charge in [-0.1, -0.05) is 0 Å². The zero-order valence-corrected chi connectivity index (χ0v) is 28.5. The van der Waals surface area contributed by atoms with Crippen LogP contribution in [0.1, 0.15) is 33.4 Å². The van der Waals surface area contributed by atoms with Gasteiger partial charge in [0, 0.05) is 40.8 Å². The van der Waals surface area contributed by atoms with Crippen LogP contribution in [0.2, 0.25) is 0 Å². The third-order valence-corrected chi connectivity index (χ3v) is 0.167. The zero-order valence-electron chi connectivity index (χ0n) is 20.0. The summed E-state index contributed by atoms with van der Waals surface area (Å²) in [4.78, 5) is 36.0. The van der Waals surface area contributed by atoms with Crippen LogP contribution in [0.5, 0.6) is 0 Å². The van der Waals surface area contributed by atoms with E-state index < -0.39 is 23.9 Å². The van der Waals surface area contributed by atoms with E-state index in [9.17, 15) is 0 Å². The maximum atomic E-state index is 9.00. The smallest absolute Gasteiger partial charge is 1.00 e. The predicted molar refractivity (Wildman–Crippen MR) is 75.8 cm³/mol. The first-order valence-corrected chi connectivity index (χ1v) is 5.03. The molecule has 0 aliphatic rings. The van der Waals surface area contributed by atoms with Gasteiger partial charge in [0.05, 0.1) is 0 Å². The van der Waals surface area contributed by atoms with Crippen molar-refractivity contribution in [3.05, 3.63) is 0 Å². The predicted octanol–water partition coefficient (Wildman–Crippen LogP) is -12.3. The van der Waals surface area contributed by atoms with E-state index in [1.807, 2.05) is 0 Å². The third-order valence-electron chi connectivity index (χ3n) is 0.167. The van der Waals surface area contributed by atoms with Crippen LogP contribution >= 0.6 is 0 Å². The van der Waals surface area contributed by atoms with E-state index in [1.54, 1.807) is 0 Å². The van der Waals surface area contributed by atoms with Crippen molar-refractivity contribution in [2.24, 2.45) is 11.5 Å². The topological polar surface area (TPSA) is 201 Å². The van der Waals surface area contributed by atoms with Gasteiger partial charge in [-0.3, -0.25) is 19.2 Å². The molecule has 24 heavy (non-hydrogen) atoms. The van der Waals surface area contributed by atoms with Gasteiger partial charge in [-0.25, -0.2) is 0 Å². The van der Waals surface area contributed by atoms with Crippen molar-refractivity contribution in [1.29, 1.82) is 0 Å². The number of rotatable bonds is 1. The molecule has 14 heteroatoms. The van der Waals surface area contributed by atoms with Crippen LogP contribution in [0.15, 0.2) is 0 Å². The SMILES string of the molecule is CC(=O)O.CC(=O)O.CC(=O)O.CC(=O)O.NCCN.[H-].[H-].[H-].[H-].[K+].[K+].[K+].[K+]. The largest absolute Gasteiger partial charge is 1.00 e. The normalized spacial score (nSPS) is 5.42. The number of hydrogen-bond donors (Lipinski definition) is 6. The summed E-state index contributed by atoms with van der Waals surface area (Å²) in [6.45, 7) is 5.53. The summed E-state index contributed by atoms with van der Waals surface area (Å²) in [5.41, 5.74) is 9.81. The van der Waals surface area contributed by atoms with Gasteiger partial charge in [-0.2, -0.15) is 0 Å². The molecule has 0 heterocycles. The number of carbonyl (C=O) groups is 4. The van der Waals surface area contributed by atoms with Crippen LogP contribution in [-0.2, 0) is 19.2 Å². The molecule has 0 aromatic heterocycles. The molecule has 0 aromatic carbocycles. The molecule has 0 rings (SSSR count). The minimum Gasteiger partial charge on any atom is -1.00 e.